The molecule has 5 heteroatoms. The second kappa shape index (κ2) is 5.31. The van der Waals surface area contributed by atoms with Gasteiger partial charge in [-0.15, -0.1) is 0 Å². The van der Waals surface area contributed by atoms with Gasteiger partial charge in [-0.25, -0.2) is 4.68 Å². The third kappa shape index (κ3) is 3.06. The highest BCUT2D eigenvalue weighted by molar-refractivity contribution is 5.40. The molecule has 1 aromatic rings. The van der Waals surface area contributed by atoms with Crippen LogP contribution in [0.15, 0.2) is 17.1 Å². The lowest BCUT2D eigenvalue weighted by molar-refractivity contribution is 0.319. The molecule has 1 aromatic heterocycles. The van der Waals surface area contributed by atoms with E-state index in [-0.39, 0.29) is 5.56 Å². The maximum atomic E-state index is 11.9. The molecule has 0 bridgehead atoms. The van der Waals surface area contributed by atoms with Crippen LogP contribution < -0.4 is 15.8 Å². The summed E-state index contributed by atoms with van der Waals surface area (Å²) < 4.78 is 1.57. The molecule has 1 fully saturated rings. The maximum Gasteiger partial charge on any atom is 0.268 e. The molecular weight excluding hydrogens is 216 g/mol. The van der Waals surface area contributed by atoms with Crippen LogP contribution in [0.5, 0.6) is 0 Å². The lowest BCUT2D eigenvalue weighted by atomic mass is 10.00. The fourth-order valence-corrected chi connectivity index (χ4v) is 2.13. The molecule has 94 valence electrons. The lowest BCUT2D eigenvalue weighted by Gasteiger charge is -2.23. The third-order valence-electron chi connectivity index (χ3n) is 3.20. The topological polar surface area (TPSA) is 50.2 Å². The van der Waals surface area contributed by atoms with Gasteiger partial charge in [0.1, 0.15) is 0 Å². The molecule has 2 rings (SSSR count). The number of anilines is 1. The summed E-state index contributed by atoms with van der Waals surface area (Å²) in [5, 5.41) is 7.58. The summed E-state index contributed by atoms with van der Waals surface area (Å²) in [4.78, 5) is 13.8. The van der Waals surface area contributed by atoms with Gasteiger partial charge in [0.15, 0.2) is 0 Å². The Labute approximate surface area is 101 Å². The minimum atomic E-state index is -0.0122. The van der Waals surface area contributed by atoms with E-state index in [4.69, 9.17) is 0 Å². The third-order valence-corrected chi connectivity index (χ3v) is 3.20. The van der Waals surface area contributed by atoms with E-state index in [1.54, 1.807) is 16.9 Å². The van der Waals surface area contributed by atoms with Crippen LogP contribution in [0.2, 0.25) is 0 Å². The first-order valence-corrected chi connectivity index (χ1v) is 6.12. The summed E-state index contributed by atoms with van der Waals surface area (Å²) in [7, 11) is 3.82. The number of aromatic nitrogens is 2. The fraction of sp³-hybridized carbons (Fsp3) is 0.667. The molecule has 1 unspecified atom stereocenters. The minimum Gasteiger partial charge on any atom is -0.376 e. The Hall–Kier alpha value is -1.36. The first kappa shape index (κ1) is 12.1. The van der Waals surface area contributed by atoms with Crippen molar-refractivity contribution in [1.82, 2.24) is 15.1 Å². The summed E-state index contributed by atoms with van der Waals surface area (Å²) in [6.07, 6.45) is 4.11. The van der Waals surface area contributed by atoms with E-state index in [0.717, 1.165) is 25.3 Å². The van der Waals surface area contributed by atoms with Gasteiger partial charge >= 0.3 is 0 Å². The molecule has 17 heavy (non-hydrogen) atoms. The quantitative estimate of drug-likeness (QED) is 0.820. The van der Waals surface area contributed by atoms with Crippen molar-refractivity contribution >= 4 is 5.69 Å². The van der Waals surface area contributed by atoms with E-state index in [1.165, 1.54) is 12.8 Å². The van der Waals surface area contributed by atoms with E-state index >= 15 is 0 Å². The van der Waals surface area contributed by atoms with Gasteiger partial charge in [-0.05, 0) is 31.8 Å². The molecule has 0 aromatic carbocycles. The van der Waals surface area contributed by atoms with E-state index in [9.17, 15) is 4.79 Å². The molecule has 2 heterocycles. The van der Waals surface area contributed by atoms with E-state index in [1.807, 2.05) is 19.0 Å². The molecular formula is C12H20N4O. The van der Waals surface area contributed by atoms with Crippen LogP contribution in [0, 0.1) is 5.92 Å². The van der Waals surface area contributed by atoms with Crippen LogP contribution >= 0.6 is 0 Å². The molecule has 0 aliphatic carbocycles. The molecule has 0 amide bonds. The summed E-state index contributed by atoms with van der Waals surface area (Å²) in [5.41, 5.74) is 0.842. The zero-order chi connectivity index (χ0) is 12.3. The monoisotopic (exact) mass is 236 g/mol. The second-order valence-electron chi connectivity index (χ2n) is 4.84. The van der Waals surface area contributed by atoms with Crippen LogP contribution in [0.4, 0.5) is 5.69 Å². The number of rotatable bonds is 3. The Morgan fingerprint density at radius 3 is 3.00 bits per heavy atom. The number of piperidine rings is 1. The Morgan fingerprint density at radius 1 is 1.59 bits per heavy atom. The van der Waals surface area contributed by atoms with E-state index in [2.05, 4.69) is 10.4 Å². The largest absolute Gasteiger partial charge is 0.376 e. The first-order valence-electron chi connectivity index (χ1n) is 6.12. The zero-order valence-corrected chi connectivity index (χ0v) is 10.5. The number of nitrogens with one attached hydrogen (secondary N) is 1. The standard InChI is InChI=1S/C12H20N4O/c1-15(2)11-6-12(17)16(14-8-11)9-10-4-3-5-13-7-10/h6,8,10,13H,3-5,7,9H2,1-2H3. The number of hydrogen-bond donors (Lipinski definition) is 1. The van der Waals surface area contributed by atoms with Crippen molar-refractivity contribution in [2.45, 2.75) is 19.4 Å². The van der Waals surface area contributed by atoms with Gasteiger partial charge < -0.3 is 10.2 Å². The average molecular weight is 236 g/mol. The molecule has 0 saturated carbocycles. The van der Waals surface area contributed by atoms with Gasteiger partial charge in [-0.2, -0.15) is 5.10 Å². The summed E-state index contributed by atoms with van der Waals surface area (Å²) in [6.45, 7) is 2.81. The molecule has 1 aliphatic heterocycles. The van der Waals surface area contributed by atoms with Gasteiger partial charge in [0.25, 0.3) is 5.56 Å². The Balaban J connectivity index is 2.08. The maximum absolute atomic E-state index is 11.9. The van der Waals surface area contributed by atoms with Gasteiger partial charge in [0.2, 0.25) is 0 Å². The van der Waals surface area contributed by atoms with Crippen LogP contribution in [0.25, 0.3) is 0 Å². The van der Waals surface area contributed by atoms with E-state index in [0.29, 0.717) is 5.92 Å². The summed E-state index contributed by atoms with van der Waals surface area (Å²) in [6, 6.07) is 1.64. The Kier molecular flexibility index (Phi) is 3.78. The van der Waals surface area contributed by atoms with Crippen LogP contribution in [-0.2, 0) is 6.54 Å². The molecule has 1 atom stereocenters. The van der Waals surface area contributed by atoms with Crippen molar-refractivity contribution in [3.63, 3.8) is 0 Å². The van der Waals surface area contributed by atoms with Crippen LogP contribution in [-0.4, -0.2) is 37.0 Å². The smallest absolute Gasteiger partial charge is 0.268 e. The molecule has 1 N–H and O–H groups in total. The van der Waals surface area contributed by atoms with Crippen molar-refractivity contribution < 1.29 is 0 Å². The molecule has 5 nitrogen and oxygen atoms in total. The Bertz CT molecular complexity index is 421. The SMILES string of the molecule is CN(C)c1cnn(CC2CCCNC2)c(=O)c1. The normalized spacial score (nSPS) is 20.2. The van der Waals surface area contributed by atoms with E-state index < -0.39 is 0 Å². The number of nitrogens with zero attached hydrogens (tertiary/aromatic N) is 3. The van der Waals surface area contributed by atoms with Crippen molar-refractivity contribution in [2.24, 2.45) is 5.92 Å². The molecule has 0 radical (unpaired) electrons. The predicted molar refractivity (Wildman–Crippen MR) is 68.4 cm³/mol. The summed E-state index contributed by atoms with van der Waals surface area (Å²) >= 11 is 0. The Morgan fingerprint density at radius 2 is 2.41 bits per heavy atom. The summed E-state index contributed by atoms with van der Waals surface area (Å²) in [5.74, 6) is 0.527. The molecule has 0 spiro atoms. The predicted octanol–water partition coefficient (Wildman–Crippen LogP) is 0.309. The average Bonchev–Trinajstić information content (AvgIpc) is 2.33. The highest BCUT2D eigenvalue weighted by atomic mass is 16.1. The fourth-order valence-electron chi connectivity index (χ4n) is 2.13. The zero-order valence-electron chi connectivity index (χ0n) is 10.5. The van der Waals surface area contributed by atoms with Gasteiger partial charge in [-0.3, -0.25) is 4.79 Å². The van der Waals surface area contributed by atoms with Crippen LogP contribution in [0.3, 0.4) is 0 Å². The van der Waals surface area contributed by atoms with Gasteiger partial charge in [-0.1, -0.05) is 0 Å². The first-order chi connectivity index (χ1) is 8.16. The second-order valence-corrected chi connectivity index (χ2v) is 4.84. The van der Waals surface area contributed by atoms with Crippen molar-refractivity contribution in [1.29, 1.82) is 0 Å². The number of hydrogen-bond acceptors (Lipinski definition) is 4. The van der Waals surface area contributed by atoms with Gasteiger partial charge in [0, 0.05) is 26.7 Å². The minimum absolute atomic E-state index is 0.0122. The lowest BCUT2D eigenvalue weighted by Crippen LogP contribution is -2.35. The van der Waals surface area contributed by atoms with Crippen LogP contribution in [0.1, 0.15) is 12.8 Å². The van der Waals surface area contributed by atoms with Crippen molar-refractivity contribution in [3.05, 3.63) is 22.6 Å². The van der Waals surface area contributed by atoms with Crippen molar-refractivity contribution in [3.8, 4) is 0 Å². The highest BCUT2D eigenvalue weighted by Crippen LogP contribution is 2.11. The molecule has 1 saturated heterocycles. The van der Waals surface area contributed by atoms with Crippen molar-refractivity contribution in [2.75, 3.05) is 32.1 Å². The molecule has 1 aliphatic rings. The highest BCUT2D eigenvalue weighted by Gasteiger charge is 2.14. The van der Waals surface area contributed by atoms with Gasteiger partial charge in [0.05, 0.1) is 11.9 Å².